The summed E-state index contributed by atoms with van der Waals surface area (Å²) in [6.45, 7) is 13.4. The Morgan fingerprint density at radius 3 is 2.26 bits per heavy atom. The highest BCUT2D eigenvalue weighted by atomic mass is 16.2. The summed E-state index contributed by atoms with van der Waals surface area (Å²) in [4.78, 5) is 29.6. The third-order valence-electron chi connectivity index (χ3n) is 4.95. The second-order valence-electron chi connectivity index (χ2n) is 8.54. The van der Waals surface area contributed by atoms with Crippen molar-refractivity contribution in [2.24, 2.45) is 5.41 Å². The van der Waals surface area contributed by atoms with Crippen LogP contribution < -0.4 is 10.2 Å². The minimum Gasteiger partial charge on any atom is -0.371 e. The Morgan fingerprint density at radius 2 is 1.70 bits per heavy atom. The summed E-state index contributed by atoms with van der Waals surface area (Å²) in [6.07, 6.45) is 4.00. The van der Waals surface area contributed by atoms with E-state index in [0.29, 0.717) is 30.8 Å². The maximum Gasteiger partial charge on any atom is 0.256 e. The van der Waals surface area contributed by atoms with Crippen LogP contribution in [0.5, 0.6) is 0 Å². The van der Waals surface area contributed by atoms with Crippen molar-refractivity contribution in [2.45, 2.75) is 60.3 Å². The second-order valence-corrected chi connectivity index (χ2v) is 8.54. The number of nitrogens with zero attached hydrogens (tertiary/aromatic N) is 2. The van der Waals surface area contributed by atoms with Gasteiger partial charge >= 0.3 is 0 Å². The molecule has 5 heteroatoms. The maximum atomic E-state index is 13.1. The van der Waals surface area contributed by atoms with Gasteiger partial charge in [-0.15, -0.1) is 0 Å². The molecule has 0 aromatic heterocycles. The Bertz CT molecular complexity index is 654. The van der Waals surface area contributed by atoms with Crippen LogP contribution in [0.2, 0.25) is 0 Å². The molecule has 0 radical (unpaired) electrons. The number of benzene rings is 1. The van der Waals surface area contributed by atoms with Crippen LogP contribution in [0.1, 0.15) is 70.7 Å². The van der Waals surface area contributed by atoms with Gasteiger partial charge in [0.2, 0.25) is 5.91 Å². The molecule has 150 valence electrons. The standard InChI is InChI=1S/C22H35N3O2/c1-6-24(7-2)21(27)18-15-17(23-20(26)16-22(3,4)5)11-12-19(18)25-13-9-8-10-14-25/h11-12,15H,6-10,13-14,16H2,1-5H3,(H,23,26). The Hall–Kier alpha value is -2.04. The normalized spacial score (nSPS) is 14.8. The van der Waals surface area contributed by atoms with Crippen molar-refractivity contribution in [3.8, 4) is 0 Å². The average molecular weight is 374 g/mol. The van der Waals surface area contributed by atoms with Crippen molar-refractivity contribution in [1.82, 2.24) is 4.90 Å². The minimum atomic E-state index is -0.0717. The monoisotopic (exact) mass is 373 g/mol. The summed E-state index contributed by atoms with van der Waals surface area (Å²) < 4.78 is 0. The van der Waals surface area contributed by atoms with Gasteiger partial charge in [-0.05, 0) is 56.7 Å². The highest BCUT2D eigenvalue weighted by Crippen LogP contribution is 2.29. The van der Waals surface area contributed by atoms with Crippen molar-refractivity contribution in [2.75, 3.05) is 36.4 Å². The molecule has 1 fully saturated rings. The van der Waals surface area contributed by atoms with Gasteiger partial charge in [-0.2, -0.15) is 0 Å². The van der Waals surface area contributed by atoms with E-state index in [0.717, 1.165) is 31.6 Å². The molecule has 0 saturated carbocycles. The third kappa shape index (κ3) is 5.98. The van der Waals surface area contributed by atoms with Gasteiger partial charge in [0, 0.05) is 44.0 Å². The Labute approximate surface area is 164 Å². The van der Waals surface area contributed by atoms with Crippen molar-refractivity contribution in [3.05, 3.63) is 23.8 Å². The molecule has 2 rings (SSSR count). The molecule has 0 unspecified atom stereocenters. The van der Waals surface area contributed by atoms with E-state index in [2.05, 4.69) is 10.2 Å². The smallest absolute Gasteiger partial charge is 0.256 e. The summed E-state index contributed by atoms with van der Waals surface area (Å²) in [5, 5.41) is 2.97. The summed E-state index contributed by atoms with van der Waals surface area (Å²) in [7, 11) is 0. The van der Waals surface area contributed by atoms with E-state index in [9.17, 15) is 9.59 Å². The molecule has 1 saturated heterocycles. The molecular formula is C22H35N3O2. The van der Waals surface area contributed by atoms with Crippen LogP contribution in [0.15, 0.2) is 18.2 Å². The molecule has 1 heterocycles. The number of rotatable bonds is 6. The zero-order chi connectivity index (χ0) is 20.0. The van der Waals surface area contributed by atoms with Gasteiger partial charge in [-0.3, -0.25) is 9.59 Å². The first-order valence-corrected chi connectivity index (χ1v) is 10.2. The molecule has 5 nitrogen and oxygen atoms in total. The molecule has 1 aliphatic heterocycles. The van der Waals surface area contributed by atoms with E-state index in [4.69, 9.17) is 0 Å². The van der Waals surface area contributed by atoms with Crippen molar-refractivity contribution < 1.29 is 9.59 Å². The average Bonchev–Trinajstić information content (AvgIpc) is 2.61. The lowest BCUT2D eigenvalue weighted by molar-refractivity contribution is -0.117. The molecule has 0 aliphatic carbocycles. The number of anilines is 2. The number of amides is 2. The molecule has 1 N–H and O–H groups in total. The zero-order valence-electron chi connectivity index (χ0n) is 17.6. The van der Waals surface area contributed by atoms with Gasteiger partial charge in [-0.1, -0.05) is 20.8 Å². The summed E-state index contributed by atoms with van der Waals surface area (Å²) in [5.74, 6) is 0.0157. The predicted molar refractivity (Wildman–Crippen MR) is 112 cm³/mol. The molecule has 0 spiro atoms. The second kappa shape index (κ2) is 9.25. The number of hydrogen-bond donors (Lipinski definition) is 1. The van der Waals surface area contributed by atoms with Gasteiger partial charge in [0.25, 0.3) is 5.91 Å². The van der Waals surface area contributed by atoms with Crippen LogP contribution in [-0.4, -0.2) is 42.9 Å². The number of carbonyl (C=O) groups excluding carboxylic acids is 2. The maximum absolute atomic E-state index is 13.1. The van der Waals surface area contributed by atoms with Gasteiger partial charge in [-0.25, -0.2) is 0 Å². The highest BCUT2D eigenvalue weighted by Gasteiger charge is 2.23. The number of carbonyl (C=O) groups is 2. The lowest BCUT2D eigenvalue weighted by atomic mass is 9.92. The van der Waals surface area contributed by atoms with E-state index in [-0.39, 0.29) is 17.2 Å². The number of piperidine rings is 1. The molecule has 1 aromatic carbocycles. The summed E-state index contributed by atoms with van der Waals surface area (Å²) in [5.41, 5.74) is 2.30. The minimum absolute atomic E-state index is 0.0190. The Kier molecular flexibility index (Phi) is 7.28. The fraction of sp³-hybridized carbons (Fsp3) is 0.636. The van der Waals surface area contributed by atoms with E-state index in [1.54, 1.807) is 0 Å². The van der Waals surface area contributed by atoms with Crippen LogP contribution in [-0.2, 0) is 4.79 Å². The highest BCUT2D eigenvalue weighted by molar-refractivity contribution is 6.02. The summed E-state index contributed by atoms with van der Waals surface area (Å²) in [6, 6.07) is 5.77. The SMILES string of the molecule is CCN(CC)C(=O)c1cc(NC(=O)CC(C)(C)C)ccc1N1CCCCC1. The van der Waals surface area contributed by atoms with Crippen LogP contribution in [0.4, 0.5) is 11.4 Å². The zero-order valence-corrected chi connectivity index (χ0v) is 17.6. The Morgan fingerprint density at radius 1 is 1.07 bits per heavy atom. The van der Waals surface area contributed by atoms with E-state index in [1.807, 2.05) is 57.7 Å². The fourth-order valence-corrected chi connectivity index (χ4v) is 3.56. The van der Waals surface area contributed by atoms with E-state index < -0.39 is 0 Å². The van der Waals surface area contributed by atoms with E-state index >= 15 is 0 Å². The quantitative estimate of drug-likeness (QED) is 0.797. The third-order valence-corrected chi connectivity index (χ3v) is 4.95. The Balaban J connectivity index is 2.32. The first kappa shape index (κ1) is 21.3. The summed E-state index contributed by atoms with van der Waals surface area (Å²) >= 11 is 0. The van der Waals surface area contributed by atoms with Crippen molar-refractivity contribution in [1.29, 1.82) is 0 Å². The predicted octanol–water partition coefficient (Wildman–Crippen LogP) is 4.53. The topological polar surface area (TPSA) is 52.7 Å². The molecule has 0 atom stereocenters. The van der Waals surface area contributed by atoms with Crippen LogP contribution in [0, 0.1) is 5.41 Å². The van der Waals surface area contributed by atoms with Crippen molar-refractivity contribution >= 4 is 23.2 Å². The number of hydrogen-bond acceptors (Lipinski definition) is 3. The molecule has 1 aliphatic rings. The first-order chi connectivity index (χ1) is 12.7. The van der Waals surface area contributed by atoms with Gasteiger partial charge in [0.15, 0.2) is 0 Å². The van der Waals surface area contributed by atoms with Crippen LogP contribution >= 0.6 is 0 Å². The lowest BCUT2D eigenvalue weighted by Crippen LogP contribution is -2.35. The molecule has 27 heavy (non-hydrogen) atoms. The van der Waals surface area contributed by atoms with Gasteiger partial charge in [0.1, 0.15) is 0 Å². The van der Waals surface area contributed by atoms with Gasteiger partial charge < -0.3 is 15.1 Å². The van der Waals surface area contributed by atoms with Crippen molar-refractivity contribution in [3.63, 3.8) is 0 Å². The first-order valence-electron chi connectivity index (χ1n) is 10.2. The largest absolute Gasteiger partial charge is 0.371 e. The molecule has 2 amide bonds. The lowest BCUT2D eigenvalue weighted by Gasteiger charge is -2.31. The molecule has 0 bridgehead atoms. The number of nitrogens with one attached hydrogen (secondary N) is 1. The van der Waals surface area contributed by atoms with Gasteiger partial charge in [0.05, 0.1) is 5.56 Å². The van der Waals surface area contributed by atoms with Crippen LogP contribution in [0.3, 0.4) is 0 Å². The fourth-order valence-electron chi connectivity index (χ4n) is 3.56. The van der Waals surface area contributed by atoms with E-state index in [1.165, 1.54) is 6.42 Å². The van der Waals surface area contributed by atoms with Crippen LogP contribution in [0.25, 0.3) is 0 Å². The molecular weight excluding hydrogens is 338 g/mol. The molecule has 1 aromatic rings.